The molecule has 120 valence electrons. The number of carbonyl (C=O) groups is 1. The number of hydrogen-bond donors (Lipinski definition) is 2. The fourth-order valence-electron chi connectivity index (χ4n) is 1.64. The minimum Gasteiger partial charge on any atom is -0.354 e. The molecule has 1 amide bonds. The highest BCUT2D eigenvalue weighted by molar-refractivity contribution is 7.92. The van der Waals surface area contributed by atoms with Gasteiger partial charge < -0.3 is 5.32 Å². The van der Waals surface area contributed by atoms with Gasteiger partial charge >= 0.3 is 0 Å². The predicted octanol–water partition coefficient (Wildman–Crippen LogP) is 0.735. The van der Waals surface area contributed by atoms with Crippen LogP contribution in [0.2, 0.25) is 0 Å². The van der Waals surface area contributed by atoms with Crippen LogP contribution in [0.1, 0.15) is 27.2 Å². The molecule has 2 N–H and O–H groups in total. The largest absolute Gasteiger partial charge is 0.354 e. The van der Waals surface area contributed by atoms with Crippen molar-refractivity contribution in [3.8, 4) is 0 Å². The topological polar surface area (TPSA) is 75.3 Å². The first-order valence-corrected chi connectivity index (χ1v) is 7.71. The Bertz CT molecular complexity index is 449. The lowest BCUT2D eigenvalue weighted by Gasteiger charge is -2.19. The smallest absolute Gasteiger partial charge is 0.262 e. The molecule has 1 atom stereocenters. The van der Waals surface area contributed by atoms with E-state index in [0.717, 1.165) is 0 Å². The average Bonchev–Trinajstić information content (AvgIpc) is 2.56. The average molecular weight is 335 g/mol. The SMILES string of the molecule is CC(C)(C)S(=O)(=O)CCNC(=O)C1CC(F)(F)CN1.Cl. The van der Waals surface area contributed by atoms with Crippen molar-refractivity contribution in [2.75, 3.05) is 18.8 Å². The fraction of sp³-hybridized carbons (Fsp3) is 0.909. The number of hydrogen-bond acceptors (Lipinski definition) is 4. The molecule has 1 unspecified atom stereocenters. The number of rotatable bonds is 4. The van der Waals surface area contributed by atoms with E-state index in [9.17, 15) is 22.0 Å². The third kappa shape index (κ3) is 5.14. The number of sulfone groups is 1. The molecule has 1 fully saturated rings. The zero-order valence-corrected chi connectivity index (χ0v) is 13.3. The Labute approximate surface area is 124 Å². The zero-order valence-electron chi connectivity index (χ0n) is 11.7. The summed E-state index contributed by atoms with van der Waals surface area (Å²) in [4.78, 5) is 11.6. The molecule has 1 saturated heterocycles. The number of carbonyl (C=O) groups excluding carboxylic acids is 1. The first-order valence-electron chi connectivity index (χ1n) is 6.06. The highest BCUT2D eigenvalue weighted by atomic mass is 35.5. The molecular formula is C11H21ClF2N2O3S. The molecule has 1 aliphatic heterocycles. The van der Waals surface area contributed by atoms with Gasteiger partial charge in [0.2, 0.25) is 5.91 Å². The minimum absolute atomic E-state index is 0. The summed E-state index contributed by atoms with van der Waals surface area (Å²) in [5.74, 6) is -3.66. The minimum atomic E-state index is -3.32. The van der Waals surface area contributed by atoms with E-state index in [0.29, 0.717) is 0 Å². The second-order valence-electron chi connectivity index (χ2n) is 5.72. The number of nitrogens with one attached hydrogen (secondary N) is 2. The first kappa shape index (κ1) is 19.5. The molecule has 5 nitrogen and oxygen atoms in total. The van der Waals surface area contributed by atoms with Crippen LogP contribution >= 0.6 is 12.4 Å². The Kier molecular flexibility index (Phi) is 6.38. The first-order chi connectivity index (χ1) is 8.45. The van der Waals surface area contributed by atoms with Gasteiger partial charge in [0.25, 0.3) is 5.92 Å². The quantitative estimate of drug-likeness (QED) is 0.795. The van der Waals surface area contributed by atoms with Crippen molar-refractivity contribution in [1.29, 1.82) is 0 Å². The maximum atomic E-state index is 12.9. The number of amides is 1. The monoisotopic (exact) mass is 334 g/mol. The van der Waals surface area contributed by atoms with Crippen LogP contribution in [0, 0.1) is 0 Å². The summed E-state index contributed by atoms with van der Waals surface area (Å²) in [5, 5.41) is 4.79. The van der Waals surface area contributed by atoms with Gasteiger partial charge in [-0.2, -0.15) is 0 Å². The van der Waals surface area contributed by atoms with E-state index in [4.69, 9.17) is 0 Å². The highest BCUT2D eigenvalue weighted by Crippen LogP contribution is 2.25. The van der Waals surface area contributed by atoms with Crippen molar-refractivity contribution in [3.63, 3.8) is 0 Å². The van der Waals surface area contributed by atoms with Gasteiger partial charge in [-0.3, -0.25) is 10.1 Å². The number of alkyl halides is 2. The van der Waals surface area contributed by atoms with Crippen molar-refractivity contribution in [3.05, 3.63) is 0 Å². The molecule has 1 aliphatic rings. The van der Waals surface area contributed by atoms with E-state index in [1.54, 1.807) is 20.8 Å². The third-order valence-electron chi connectivity index (χ3n) is 3.03. The van der Waals surface area contributed by atoms with Crippen molar-refractivity contribution < 1.29 is 22.0 Å². The Balaban J connectivity index is 0.00000361. The van der Waals surface area contributed by atoms with Crippen LogP contribution in [0.3, 0.4) is 0 Å². The van der Waals surface area contributed by atoms with Crippen LogP contribution in [-0.4, -0.2) is 49.9 Å². The van der Waals surface area contributed by atoms with Gasteiger partial charge in [-0.25, -0.2) is 17.2 Å². The Morgan fingerprint density at radius 2 is 1.95 bits per heavy atom. The van der Waals surface area contributed by atoms with Crippen LogP contribution in [0.4, 0.5) is 8.78 Å². The summed E-state index contributed by atoms with van der Waals surface area (Å²) in [6, 6.07) is -0.952. The molecule has 0 saturated carbocycles. The lowest BCUT2D eigenvalue weighted by atomic mass is 10.2. The van der Waals surface area contributed by atoms with E-state index in [2.05, 4.69) is 10.6 Å². The molecule has 0 aromatic rings. The second-order valence-corrected chi connectivity index (χ2v) is 8.58. The van der Waals surface area contributed by atoms with Crippen LogP contribution < -0.4 is 10.6 Å². The lowest BCUT2D eigenvalue weighted by Crippen LogP contribution is -2.43. The second kappa shape index (κ2) is 6.53. The molecule has 0 spiro atoms. The summed E-state index contributed by atoms with van der Waals surface area (Å²) in [6.07, 6.45) is -0.551. The summed E-state index contributed by atoms with van der Waals surface area (Å²) in [7, 11) is -3.32. The highest BCUT2D eigenvalue weighted by Gasteiger charge is 2.42. The van der Waals surface area contributed by atoms with Crippen molar-refractivity contribution in [1.82, 2.24) is 10.6 Å². The van der Waals surface area contributed by atoms with Gasteiger partial charge in [-0.05, 0) is 20.8 Å². The van der Waals surface area contributed by atoms with Crippen molar-refractivity contribution >= 4 is 28.2 Å². The van der Waals surface area contributed by atoms with Gasteiger partial charge in [-0.15, -0.1) is 12.4 Å². The maximum Gasteiger partial charge on any atom is 0.262 e. The molecule has 0 bridgehead atoms. The van der Waals surface area contributed by atoms with Gasteiger partial charge in [0.15, 0.2) is 9.84 Å². The van der Waals surface area contributed by atoms with Crippen molar-refractivity contribution in [2.24, 2.45) is 0 Å². The summed E-state index contributed by atoms with van der Waals surface area (Å²) in [5.41, 5.74) is 0. The number of halogens is 3. The van der Waals surface area contributed by atoms with Crippen LogP contribution in [0.15, 0.2) is 0 Å². The van der Waals surface area contributed by atoms with Gasteiger partial charge in [0.1, 0.15) is 0 Å². The molecule has 1 heterocycles. The molecule has 0 radical (unpaired) electrons. The van der Waals surface area contributed by atoms with E-state index in [-0.39, 0.29) is 24.7 Å². The summed E-state index contributed by atoms with van der Waals surface area (Å²) < 4.78 is 48.4. The normalized spacial score (nSPS) is 22.1. The van der Waals surface area contributed by atoms with Crippen LogP contribution in [0.5, 0.6) is 0 Å². The standard InChI is InChI=1S/C11H20F2N2O3S.ClH/c1-10(2,3)19(17,18)5-4-14-9(16)8-6-11(12,13)7-15-8;/h8,15H,4-7H2,1-3H3,(H,14,16);1H. The molecule has 0 aromatic heterocycles. The molecule has 1 rings (SSSR count). The van der Waals surface area contributed by atoms with E-state index >= 15 is 0 Å². The van der Waals surface area contributed by atoms with Crippen LogP contribution in [0.25, 0.3) is 0 Å². The molecular weight excluding hydrogens is 314 g/mol. The molecule has 20 heavy (non-hydrogen) atoms. The predicted molar refractivity (Wildman–Crippen MR) is 75.2 cm³/mol. The van der Waals surface area contributed by atoms with E-state index < -0.39 is 45.4 Å². The summed E-state index contributed by atoms with van der Waals surface area (Å²) in [6.45, 7) is 4.13. The Hall–Kier alpha value is -0.470. The third-order valence-corrected chi connectivity index (χ3v) is 5.64. The van der Waals surface area contributed by atoms with Gasteiger partial charge in [0.05, 0.1) is 23.1 Å². The summed E-state index contributed by atoms with van der Waals surface area (Å²) >= 11 is 0. The maximum absolute atomic E-state index is 12.9. The molecule has 9 heteroatoms. The van der Waals surface area contributed by atoms with E-state index in [1.807, 2.05) is 0 Å². The zero-order chi connectivity index (χ0) is 14.9. The lowest BCUT2D eigenvalue weighted by molar-refractivity contribution is -0.123. The fourth-order valence-corrected chi connectivity index (χ4v) is 2.62. The molecule has 0 aliphatic carbocycles. The van der Waals surface area contributed by atoms with Gasteiger partial charge in [-0.1, -0.05) is 0 Å². The van der Waals surface area contributed by atoms with Crippen LogP contribution in [-0.2, 0) is 14.6 Å². The molecule has 0 aromatic carbocycles. The Morgan fingerprint density at radius 1 is 1.40 bits per heavy atom. The van der Waals surface area contributed by atoms with E-state index in [1.165, 1.54) is 0 Å². The van der Waals surface area contributed by atoms with Crippen molar-refractivity contribution in [2.45, 2.75) is 43.9 Å². The Morgan fingerprint density at radius 3 is 2.35 bits per heavy atom. The van der Waals surface area contributed by atoms with Gasteiger partial charge in [0, 0.05) is 13.0 Å².